The van der Waals surface area contributed by atoms with Crippen molar-refractivity contribution in [3.05, 3.63) is 34.4 Å². The van der Waals surface area contributed by atoms with Crippen LogP contribution < -0.4 is 5.32 Å². The van der Waals surface area contributed by atoms with Gasteiger partial charge in [-0.25, -0.2) is 8.78 Å². The van der Waals surface area contributed by atoms with Crippen molar-refractivity contribution in [2.75, 3.05) is 5.75 Å². The zero-order valence-electron chi connectivity index (χ0n) is 8.78. The number of thioether (sulfide) groups is 1. The number of hydrogen-bond donors (Lipinski definition) is 1. The third-order valence-electron chi connectivity index (χ3n) is 1.95. The lowest BCUT2D eigenvalue weighted by atomic mass is 10.2. The Morgan fingerprint density at radius 1 is 1.44 bits per heavy atom. The minimum atomic E-state index is -1.10. The molecule has 0 bridgehead atoms. The van der Waals surface area contributed by atoms with E-state index in [9.17, 15) is 13.6 Å². The second-order valence-electron chi connectivity index (χ2n) is 3.29. The third-order valence-corrected chi connectivity index (χ3v) is 3.09. The van der Waals surface area contributed by atoms with Crippen LogP contribution in [0.5, 0.6) is 0 Å². The molecule has 94 valence electrons. The molecule has 0 saturated carbocycles. The summed E-state index contributed by atoms with van der Waals surface area (Å²) in [6, 6.07) is 2.18. The van der Waals surface area contributed by atoms with Crippen LogP contribution in [0.2, 0.25) is 5.02 Å². The summed E-state index contributed by atoms with van der Waals surface area (Å²) in [6.45, 7) is 0. The quantitative estimate of drug-likeness (QED) is 0.515. The number of amides is 1. The Morgan fingerprint density at radius 3 is 2.83 bits per heavy atom. The molecule has 1 amide bonds. The van der Waals surface area contributed by atoms with E-state index in [4.69, 9.17) is 11.6 Å². The van der Waals surface area contributed by atoms with E-state index in [2.05, 4.69) is 15.5 Å². The van der Waals surface area contributed by atoms with Crippen LogP contribution in [0.15, 0.2) is 22.3 Å². The lowest BCUT2D eigenvalue weighted by molar-refractivity contribution is -0.116. The Hall–Kier alpha value is -1.47. The van der Waals surface area contributed by atoms with Gasteiger partial charge in [0.2, 0.25) is 5.91 Å². The van der Waals surface area contributed by atoms with Crippen molar-refractivity contribution >= 4 is 40.7 Å². The number of amidine groups is 1. The number of carbonyl (C=O) groups excluding carboxylic acids is 1. The lowest BCUT2D eigenvalue weighted by Gasteiger charge is -1.97. The van der Waals surface area contributed by atoms with E-state index in [-0.39, 0.29) is 16.5 Å². The molecular weight excluding hydrogens is 284 g/mol. The van der Waals surface area contributed by atoms with Gasteiger partial charge in [0, 0.05) is 0 Å². The Kier molecular flexibility index (Phi) is 3.93. The normalized spacial score (nSPS) is 17.7. The van der Waals surface area contributed by atoms with Gasteiger partial charge in [-0.2, -0.15) is 5.10 Å². The summed E-state index contributed by atoms with van der Waals surface area (Å²) in [5.41, 5.74) is 0.276. The highest BCUT2D eigenvalue weighted by atomic mass is 35.5. The van der Waals surface area contributed by atoms with E-state index >= 15 is 0 Å². The maximum atomic E-state index is 13.0. The molecule has 1 aliphatic heterocycles. The predicted molar refractivity (Wildman–Crippen MR) is 67.0 cm³/mol. The molecule has 18 heavy (non-hydrogen) atoms. The highest BCUT2D eigenvalue weighted by Crippen LogP contribution is 2.18. The predicted octanol–water partition coefficient (Wildman–Crippen LogP) is 2.17. The molecule has 2 rings (SSSR count). The summed E-state index contributed by atoms with van der Waals surface area (Å²) in [7, 11) is 0. The molecule has 4 nitrogen and oxygen atoms in total. The molecule has 0 radical (unpaired) electrons. The first-order chi connectivity index (χ1) is 8.56. The number of nitrogens with one attached hydrogen (secondary N) is 1. The van der Waals surface area contributed by atoms with Crippen LogP contribution in [-0.2, 0) is 4.79 Å². The van der Waals surface area contributed by atoms with Gasteiger partial charge in [0.05, 0.1) is 17.0 Å². The third kappa shape index (κ3) is 3.05. The Morgan fingerprint density at radius 2 is 2.22 bits per heavy atom. The van der Waals surface area contributed by atoms with Crippen molar-refractivity contribution in [2.24, 2.45) is 10.2 Å². The Labute approximate surface area is 110 Å². The van der Waals surface area contributed by atoms with Gasteiger partial charge in [0.1, 0.15) is 0 Å². The monoisotopic (exact) mass is 289 g/mol. The summed E-state index contributed by atoms with van der Waals surface area (Å²) < 4.78 is 25.9. The molecule has 8 heteroatoms. The van der Waals surface area contributed by atoms with Gasteiger partial charge < -0.3 is 5.32 Å². The summed E-state index contributed by atoms with van der Waals surface area (Å²) in [6.07, 6.45) is 1.21. The molecule has 1 saturated heterocycles. The minimum Gasteiger partial charge on any atom is -0.303 e. The number of carbonyl (C=O) groups is 1. The van der Waals surface area contributed by atoms with E-state index in [0.717, 1.165) is 6.07 Å². The molecule has 0 atom stereocenters. The summed E-state index contributed by atoms with van der Waals surface area (Å²) in [4.78, 5) is 10.8. The molecule has 1 heterocycles. The highest BCUT2D eigenvalue weighted by molar-refractivity contribution is 8.15. The fraction of sp³-hybridized carbons (Fsp3) is 0.100. The first-order valence-electron chi connectivity index (χ1n) is 4.74. The number of rotatable bonds is 2. The number of hydrogen-bond acceptors (Lipinski definition) is 4. The second-order valence-corrected chi connectivity index (χ2v) is 4.66. The Bertz CT molecular complexity index is 539. The van der Waals surface area contributed by atoms with Crippen LogP contribution in [0.1, 0.15) is 5.56 Å². The van der Waals surface area contributed by atoms with Crippen LogP contribution in [0.25, 0.3) is 0 Å². The van der Waals surface area contributed by atoms with Crippen molar-refractivity contribution in [2.45, 2.75) is 0 Å². The first-order valence-corrected chi connectivity index (χ1v) is 6.11. The molecule has 1 N–H and O–H groups in total. The molecule has 1 aromatic carbocycles. The van der Waals surface area contributed by atoms with Gasteiger partial charge in [-0.15, -0.1) is 5.10 Å². The van der Waals surface area contributed by atoms with E-state index in [0.29, 0.717) is 10.9 Å². The average Bonchev–Trinajstić information content (AvgIpc) is 2.72. The van der Waals surface area contributed by atoms with E-state index in [1.165, 1.54) is 24.0 Å². The largest absolute Gasteiger partial charge is 0.303 e. The van der Waals surface area contributed by atoms with E-state index in [1.54, 1.807) is 0 Å². The maximum Gasteiger partial charge on any atom is 0.236 e. The SMILES string of the molecule is O=C1CSC(=NN=Cc2cc(F)c(F)c(Cl)c2)N1. The number of halogens is 3. The van der Waals surface area contributed by atoms with Crippen LogP contribution in [0, 0.1) is 11.6 Å². The van der Waals surface area contributed by atoms with Crippen LogP contribution in [0.3, 0.4) is 0 Å². The van der Waals surface area contributed by atoms with Gasteiger partial charge in [-0.3, -0.25) is 4.79 Å². The molecule has 1 aromatic rings. The van der Waals surface area contributed by atoms with Gasteiger partial charge >= 0.3 is 0 Å². The average molecular weight is 290 g/mol. The second kappa shape index (κ2) is 5.45. The van der Waals surface area contributed by atoms with Gasteiger partial charge in [-0.05, 0) is 17.7 Å². The van der Waals surface area contributed by atoms with Gasteiger partial charge in [0.25, 0.3) is 0 Å². The van der Waals surface area contributed by atoms with Gasteiger partial charge in [0.15, 0.2) is 16.8 Å². The lowest BCUT2D eigenvalue weighted by Crippen LogP contribution is -2.19. The smallest absolute Gasteiger partial charge is 0.236 e. The fourth-order valence-corrected chi connectivity index (χ4v) is 2.02. The summed E-state index contributed by atoms with van der Waals surface area (Å²) >= 11 is 6.68. The van der Waals surface area contributed by atoms with Crippen molar-refractivity contribution in [3.63, 3.8) is 0 Å². The molecule has 1 fully saturated rings. The van der Waals surface area contributed by atoms with Crippen molar-refractivity contribution in [3.8, 4) is 0 Å². The van der Waals surface area contributed by atoms with E-state index < -0.39 is 11.6 Å². The van der Waals surface area contributed by atoms with Crippen LogP contribution in [-0.4, -0.2) is 23.0 Å². The Balaban J connectivity index is 2.12. The van der Waals surface area contributed by atoms with Crippen molar-refractivity contribution in [1.82, 2.24) is 5.32 Å². The molecule has 0 aromatic heterocycles. The van der Waals surface area contributed by atoms with Crippen molar-refractivity contribution in [1.29, 1.82) is 0 Å². The van der Waals surface area contributed by atoms with Crippen LogP contribution in [0.4, 0.5) is 8.78 Å². The highest BCUT2D eigenvalue weighted by Gasteiger charge is 2.15. The van der Waals surface area contributed by atoms with Crippen molar-refractivity contribution < 1.29 is 13.6 Å². The summed E-state index contributed by atoms with van der Waals surface area (Å²) in [5, 5.41) is 9.87. The van der Waals surface area contributed by atoms with Crippen LogP contribution >= 0.6 is 23.4 Å². The molecule has 0 unspecified atom stereocenters. The molecule has 1 aliphatic rings. The first kappa shape index (κ1) is 13.0. The number of nitrogens with zero attached hydrogens (tertiary/aromatic N) is 2. The molecule has 0 aliphatic carbocycles. The zero-order valence-corrected chi connectivity index (χ0v) is 10.4. The maximum absolute atomic E-state index is 13.0. The summed E-state index contributed by atoms with van der Waals surface area (Å²) in [5.74, 6) is -2.01. The molecule has 0 spiro atoms. The van der Waals surface area contributed by atoms with E-state index in [1.807, 2.05) is 0 Å². The van der Waals surface area contributed by atoms with Gasteiger partial charge in [-0.1, -0.05) is 23.4 Å². The topological polar surface area (TPSA) is 53.8 Å². The molecular formula is C10H6ClF2N3OS. The fourth-order valence-electron chi connectivity index (χ4n) is 1.18. The number of benzene rings is 1. The standard InChI is InChI=1S/C10H6ClF2N3OS/c11-6-1-5(2-7(12)9(6)13)3-14-16-10-15-8(17)4-18-10/h1-3H,4H2,(H,15,16,17). The minimum absolute atomic E-state index is 0.148. The zero-order chi connectivity index (χ0) is 13.1.